The van der Waals surface area contributed by atoms with Gasteiger partial charge < -0.3 is 0 Å². The molecule has 0 bridgehead atoms. The van der Waals surface area contributed by atoms with E-state index in [4.69, 9.17) is 0 Å². The van der Waals surface area contributed by atoms with Crippen molar-refractivity contribution in [3.63, 3.8) is 0 Å². The van der Waals surface area contributed by atoms with Gasteiger partial charge in [0.1, 0.15) is 6.33 Å². The summed E-state index contributed by atoms with van der Waals surface area (Å²) < 4.78 is 1.39. The lowest BCUT2D eigenvalue weighted by molar-refractivity contribution is 0.229. The van der Waals surface area contributed by atoms with Crippen LogP contribution >= 0.6 is 0 Å². The molecular weight excluding hydrogens is 168 g/mol. The minimum absolute atomic E-state index is 0.172. The Hall–Kier alpha value is -1.65. The highest BCUT2D eigenvalue weighted by Crippen LogP contribution is 1.90. The largest absolute Gasteiger partial charge is 0.334 e. The van der Waals surface area contributed by atoms with Crippen LogP contribution in [0.5, 0.6) is 0 Å². The van der Waals surface area contributed by atoms with E-state index in [1.165, 1.54) is 22.1 Å². The van der Waals surface area contributed by atoms with Crippen LogP contribution in [-0.4, -0.2) is 40.4 Å². The molecule has 0 radical (unpaired) electrons. The zero-order chi connectivity index (χ0) is 9.68. The predicted octanol–water partition coefficient (Wildman–Crippen LogP) is 0.831. The van der Waals surface area contributed by atoms with Crippen LogP contribution < -0.4 is 0 Å². The van der Waals surface area contributed by atoms with E-state index >= 15 is 0 Å². The lowest BCUT2D eigenvalue weighted by Crippen LogP contribution is -2.29. The highest BCUT2D eigenvalue weighted by Gasteiger charge is 2.06. The van der Waals surface area contributed by atoms with Gasteiger partial charge in [-0.3, -0.25) is 14.5 Å². The number of nitrogens with zero attached hydrogens (tertiary/aromatic N) is 4. The predicted molar refractivity (Wildman–Crippen MR) is 49.8 cm³/mol. The molecule has 0 saturated heterocycles. The third-order valence-electron chi connectivity index (χ3n) is 1.46. The summed E-state index contributed by atoms with van der Waals surface area (Å²) in [6.45, 7) is 2.58. The summed E-state index contributed by atoms with van der Waals surface area (Å²) >= 11 is 0. The minimum Gasteiger partial charge on any atom is -0.287 e. The van der Waals surface area contributed by atoms with Crippen LogP contribution in [0.1, 0.15) is 6.92 Å². The summed E-state index contributed by atoms with van der Waals surface area (Å²) in [5, 5.41) is 0. The van der Waals surface area contributed by atoms with Crippen molar-refractivity contribution in [3.05, 3.63) is 18.7 Å². The van der Waals surface area contributed by atoms with Gasteiger partial charge in [-0.1, -0.05) is 0 Å². The molecule has 0 atom stereocenters. The highest BCUT2D eigenvalue weighted by atomic mass is 16.2. The zero-order valence-electron chi connectivity index (χ0n) is 7.71. The maximum absolute atomic E-state index is 11.5. The number of carbonyl (C=O) groups is 1. The van der Waals surface area contributed by atoms with Gasteiger partial charge in [0, 0.05) is 26.0 Å². The van der Waals surface area contributed by atoms with E-state index in [0.29, 0.717) is 6.54 Å². The van der Waals surface area contributed by atoms with Crippen molar-refractivity contribution in [1.82, 2.24) is 14.5 Å². The van der Waals surface area contributed by atoms with Crippen LogP contribution in [0.25, 0.3) is 0 Å². The Labute approximate surface area is 76.7 Å². The van der Waals surface area contributed by atoms with E-state index in [1.807, 2.05) is 6.92 Å². The van der Waals surface area contributed by atoms with E-state index in [0.717, 1.165) is 0 Å². The first-order valence-electron chi connectivity index (χ1n) is 4.00. The van der Waals surface area contributed by atoms with Crippen molar-refractivity contribution < 1.29 is 4.79 Å². The van der Waals surface area contributed by atoms with E-state index in [9.17, 15) is 4.79 Å². The van der Waals surface area contributed by atoms with Crippen LogP contribution in [0.4, 0.5) is 4.79 Å². The van der Waals surface area contributed by atoms with Gasteiger partial charge in [-0.2, -0.15) is 0 Å². The van der Waals surface area contributed by atoms with Gasteiger partial charge in [0.2, 0.25) is 0 Å². The van der Waals surface area contributed by atoms with Crippen molar-refractivity contribution in [2.75, 3.05) is 13.6 Å². The molecule has 70 valence electrons. The number of hydrogen-bond donors (Lipinski definition) is 0. The van der Waals surface area contributed by atoms with E-state index in [1.54, 1.807) is 19.4 Å². The number of carbonyl (C=O) groups excluding carboxylic acids is 1. The van der Waals surface area contributed by atoms with Crippen LogP contribution in [0.2, 0.25) is 0 Å². The van der Waals surface area contributed by atoms with E-state index in [-0.39, 0.29) is 6.03 Å². The maximum atomic E-state index is 11.5. The molecule has 0 aliphatic carbocycles. The van der Waals surface area contributed by atoms with Crippen LogP contribution in [0, 0.1) is 0 Å². The Kier molecular flexibility index (Phi) is 3.19. The standard InChI is InChI=1S/C8H12N4O/c1-3-9-6-11(2)8(13)12-5-4-10-7-12/h4-7H,3H2,1-2H3. The zero-order valence-corrected chi connectivity index (χ0v) is 7.71. The number of aliphatic imine (C=N–C) groups is 1. The monoisotopic (exact) mass is 180 g/mol. The summed E-state index contributed by atoms with van der Waals surface area (Å²) in [5.41, 5.74) is 0. The van der Waals surface area contributed by atoms with Crippen molar-refractivity contribution in [2.45, 2.75) is 6.92 Å². The molecule has 0 fully saturated rings. The topological polar surface area (TPSA) is 50.5 Å². The number of rotatable bonds is 2. The number of aromatic nitrogens is 2. The quantitative estimate of drug-likeness (QED) is 0.500. The molecule has 0 saturated carbocycles. The van der Waals surface area contributed by atoms with Crippen molar-refractivity contribution >= 4 is 12.4 Å². The number of amides is 1. The van der Waals surface area contributed by atoms with Crippen molar-refractivity contribution in [1.29, 1.82) is 0 Å². The van der Waals surface area contributed by atoms with Crippen molar-refractivity contribution in [3.8, 4) is 0 Å². The Bertz CT molecular complexity index is 291. The Morgan fingerprint density at radius 3 is 3.08 bits per heavy atom. The average Bonchev–Trinajstić information content (AvgIpc) is 2.65. The van der Waals surface area contributed by atoms with Crippen molar-refractivity contribution in [2.24, 2.45) is 4.99 Å². The van der Waals surface area contributed by atoms with Crippen LogP contribution in [-0.2, 0) is 0 Å². The second kappa shape index (κ2) is 4.39. The molecule has 1 amide bonds. The molecule has 1 rings (SSSR count). The summed E-state index contributed by atoms with van der Waals surface area (Å²) in [4.78, 5) is 20.6. The fourth-order valence-corrected chi connectivity index (χ4v) is 0.808. The molecular formula is C8H12N4O. The SMILES string of the molecule is CCN=CN(C)C(=O)n1ccnc1. The Balaban J connectivity index is 2.63. The molecule has 0 aliphatic heterocycles. The van der Waals surface area contributed by atoms with Gasteiger partial charge in [0.15, 0.2) is 0 Å². The van der Waals surface area contributed by atoms with E-state index < -0.39 is 0 Å². The smallest absolute Gasteiger partial charge is 0.287 e. The molecule has 0 unspecified atom stereocenters. The first kappa shape index (κ1) is 9.44. The van der Waals surface area contributed by atoms with E-state index in [2.05, 4.69) is 9.98 Å². The molecule has 5 heteroatoms. The van der Waals surface area contributed by atoms with Crippen LogP contribution in [0.3, 0.4) is 0 Å². The first-order chi connectivity index (χ1) is 6.25. The van der Waals surface area contributed by atoms with Gasteiger partial charge in [0.05, 0.1) is 6.34 Å². The normalized spacial score (nSPS) is 10.6. The molecule has 0 spiro atoms. The second-order valence-corrected chi connectivity index (χ2v) is 2.48. The molecule has 1 aromatic heterocycles. The minimum atomic E-state index is -0.172. The Morgan fingerprint density at radius 2 is 2.54 bits per heavy atom. The summed E-state index contributed by atoms with van der Waals surface area (Å²) in [6, 6.07) is -0.172. The van der Waals surface area contributed by atoms with Crippen LogP contribution in [0.15, 0.2) is 23.7 Å². The summed E-state index contributed by atoms with van der Waals surface area (Å²) in [6.07, 6.45) is 6.11. The first-order valence-corrected chi connectivity index (χ1v) is 4.00. The van der Waals surface area contributed by atoms with Gasteiger partial charge in [-0.15, -0.1) is 0 Å². The molecule has 1 heterocycles. The third-order valence-corrected chi connectivity index (χ3v) is 1.46. The highest BCUT2D eigenvalue weighted by molar-refractivity contribution is 5.87. The summed E-state index contributed by atoms with van der Waals surface area (Å²) in [5.74, 6) is 0. The summed E-state index contributed by atoms with van der Waals surface area (Å²) in [7, 11) is 1.65. The molecule has 5 nitrogen and oxygen atoms in total. The molecule has 0 aliphatic rings. The number of imidazole rings is 1. The van der Waals surface area contributed by atoms with Gasteiger partial charge >= 0.3 is 6.03 Å². The number of hydrogen-bond acceptors (Lipinski definition) is 3. The molecule has 0 aromatic carbocycles. The third kappa shape index (κ3) is 2.40. The fraction of sp³-hybridized carbons (Fsp3) is 0.375. The maximum Gasteiger partial charge on any atom is 0.334 e. The second-order valence-electron chi connectivity index (χ2n) is 2.48. The lowest BCUT2D eigenvalue weighted by atomic mass is 10.7. The Morgan fingerprint density at radius 1 is 1.77 bits per heavy atom. The molecule has 1 aromatic rings. The average molecular weight is 180 g/mol. The molecule has 0 N–H and O–H groups in total. The lowest BCUT2D eigenvalue weighted by Gasteiger charge is -2.10. The fourth-order valence-electron chi connectivity index (χ4n) is 0.808. The van der Waals surface area contributed by atoms with Gasteiger partial charge in [0.25, 0.3) is 0 Å². The molecule has 13 heavy (non-hydrogen) atoms. The van der Waals surface area contributed by atoms with Gasteiger partial charge in [-0.05, 0) is 6.92 Å². The van der Waals surface area contributed by atoms with Gasteiger partial charge in [-0.25, -0.2) is 9.78 Å².